The topological polar surface area (TPSA) is 51.6 Å². The highest BCUT2D eigenvalue weighted by Gasteiger charge is 2.37. The normalized spacial score (nSPS) is 21.4. The summed E-state index contributed by atoms with van der Waals surface area (Å²) in [6.07, 6.45) is 3.35. The molecule has 0 aliphatic heterocycles. The van der Waals surface area contributed by atoms with Gasteiger partial charge in [-0.1, -0.05) is 0 Å². The average molecular weight is 254 g/mol. The zero-order valence-corrected chi connectivity index (χ0v) is 11.4. The molecule has 1 aliphatic rings. The van der Waals surface area contributed by atoms with E-state index < -0.39 is 0 Å². The van der Waals surface area contributed by atoms with Crippen LogP contribution >= 0.6 is 0 Å². The predicted octanol–water partition coefficient (Wildman–Crippen LogP) is 2.30. The van der Waals surface area contributed by atoms with Crippen molar-refractivity contribution in [2.75, 3.05) is 0 Å². The lowest BCUT2D eigenvalue weighted by atomic mass is 10.1. The standard InChI is InChI=1S/C15H18N4/c1-10-3-5-14(18-16-10)8-12-7-13(12)9-15-6-4-11(2)17-19-15/h3-6,12-13H,7-9H2,1-2H3. The molecule has 0 amide bonds. The van der Waals surface area contributed by atoms with Gasteiger partial charge in [0.15, 0.2) is 0 Å². The van der Waals surface area contributed by atoms with Crippen LogP contribution in [-0.4, -0.2) is 20.4 Å². The highest BCUT2D eigenvalue weighted by atomic mass is 15.1. The van der Waals surface area contributed by atoms with Gasteiger partial charge in [-0.05, 0) is 69.2 Å². The van der Waals surface area contributed by atoms with Crippen molar-refractivity contribution in [3.63, 3.8) is 0 Å². The maximum Gasteiger partial charge on any atom is 0.0634 e. The van der Waals surface area contributed by atoms with Crippen molar-refractivity contribution in [3.05, 3.63) is 47.0 Å². The Morgan fingerprint density at radius 2 is 1.26 bits per heavy atom. The summed E-state index contributed by atoms with van der Waals surface area (Å²) in [5, 5.41) is 16.7. The van der Waals surface area contributed by atoms with Crippen LogP contribution in [0.4, 0.5) is 0 Å². The van der Waals surface area contributed by atoms with E-state index in [0.29, 0.717) is 0 Å². The first-order valence-electron chi connectivity index (χ1n) is 6.79. The molecule has 1 aliphatic carbocycles. The van der Waals surface area contributed by atoms with Crippen molar-refractivity contribution in [1.29, 1.82) is 0 Å². The molecular formula is C15H18N4. The molecule has 2 unspecified atom stereocenters. The van der Waals surface area contributed by atoms with Crippen LogP contribution in [0.25, 0.3) is 0 Å². The number of aromatic nitrogens is 4. The molecule has 0 spiro atoms. The fourth-order valence-electron chi connectivity index (χ4n) is 2.42. The average Bonchev–Trinajstić information content (AvgIpc) is 3.13. The molecule has 2 atom stereocenters. The van der Waals surface area contributed by atoms with Crippen LogP contribution in [0.1, 0.15) is 29.2 Å². The summed E-state index contributed by atoms with van der Waals surface area (Å²) in [5.74, 6) is 1.47. The second kappa shape index (κ2) is 5.03. The Kier molecular flexibility index (Phi) is 3.23. The molecule has 2 aromatic heterocycles. The summed E-state index contributed by atoms with van der Waals surface area (Å²) in [6, 6.07) is 8.24. The molecule has 0 saturated heterocycles. The fraction of sp³-hybridized carbons (Fsp3) is 0.467. The quantitative estimate of drug-likeness (QED) is 0.840. The number of aryl methyl sites for hydroxylation is 2. The summed E-state index contributed by atoms with van der Waals surface area (Å²) in [4.78, 5) is 0. The molecule has 98 valence electrons. The third-order valence-corrected chi connectivity index (χ3v) is 3.72. The first kappa shape index (κ1) is 12.2. The monoisotopic (exact) mass is 254 g/mol. The van der Waals surface area contributed by atoms with E-state index in [4.69, 9.17) is 0 Å². The molecule has 2 aromatic rings. The molecule has 2 heterocycles. The molecule has 4 nitrogen and oxygen atoms in total. The minimum Gasteiger partial charge on any atom is -0.156 e. The van der Waals surface area contributed by atoms with Crippen LogP contribution in [0.5, 0.6) is 0 Å². The van der Waals surface area contributed by atoms with Crippen LogP contribution in [0.2, 0.25) is 0 Å². The SMILES string of the molecule is Cc1ccc(CC2CC2Cc2ccc(C)nn2)nn1. The minimum absolute atomic E-state index is 0.736. The first-order chi connectivity index (χ1) is 9.20. The third-order valence-electron chi connectivity index (χ3n) is 3.72. The van der Waals surface area contributed by atoms with Crippen LogP contribution < -0.4 is 0 Å². The minimum atomic E-state index is 0.736. The third kappa shape index (κ3) is 3.13. The van der Waals surface area contributed by atoms with Crippen LogP contribution in [0.15, 0.2) is 24.3 Å². The summed E-state index contributed by atoms with van der Waals surface area (Å²) < 4.78 is 0. The maximum absolute atomic E-state index is 4.23. The summed E-state index contributed by atoms with van der Waals surface area (Å²) >= 11 is 0. The highest BCUT2D eigenvalue weighted by Crippen LogP contribution is 2.42. The molecule has 0 N–H and O–H groups in total. The molecule has 4 heteroatoms. The maximum atomic E-state index is 4.23. The smallest absolute Gasteiger partial charge is 0.0634 e. The molecule has 3 rings (SSSR count). The second-order valence-electron chi connectivity index (χ2n) is 5.50. The van der Waals surface area contributed by atoms with Crippen molar-refractivity contribution in [1.82, 2.24) is 20.4 Å². The van der Waals surface area contributed by atoms with Crippen molar-refractivity contribution in [2.24, 2.45) is 11.8 Å². The molecule has 1 saturated carbocycles. The van der Waals surface area contributed by atoms with Gasteiger partial charge >= 0.3 is 0 Å². The summed E-state index contributed by atoms with van der Waals surface area (Å²) in [6.45, 7) is 3.93. The van der Waals surface area contributed by atoms with E-state index in [1.807, 2.05) is 26.0 Å². The van der Waals surface area contributed by atoms with E-state index >= 15 is 0 Å². The van der Waals surface area contributed by atoms with Crippen molar-refractivity contribution >= 4 is 0 Å². The van der Waals surface area contributed by atoms with Crippen molar-refractivity contribution in [3.8, 4) is 0 Å². The Balaban J connectivity index is 1.54. The van der Waals surface area contributed by atoms with Gasteiger partial charge in [0.2, 0.25) is 0 Å². The molecule has 0 aromatic carbocycles. The van der Waals surface area contributed by atoms with Gasteiger partial charge in [0.05, 0.1) is 22.8 Å². The molecular weight excluding hydrogens is 236 g/mol. The fourth-order valence-corrected chi connectivity index (χ4v) is 2.42. The zero-order valence-electron chi connectivity index (χ0n) is 11.4. The Morgan fingerprint density at radius 3 is 1.63 bits per heavy atom. The van der Waals surface area contributed by atoms with Gasteiger partial charge in [0.25, 0.3) is 0 Å². The van der Waals surface area contributed by atoms with E-state index in [0.717, 1.165) is 47.5 Å². The summed E-state index contributed by atoms with van der Waals surface area (Å²) in [5.41, 5.74) is 4.17. The molecule has 1 fully saturated rings. The van der Waals surface area contributed by atoms with Crippen LogP contribution in [-0.2, 0) is 12.8 Å². The van der Waals surface area contributed by atoms with Gasteiger partial charge < -0.3 is 0 Å². The van der Waals surface area contributed by atoms with E-state index in [9.17, 15) is 0 Å². The Morgan fingerprint density at radius 1 is 0.789 bits per heavy atom. The zero-order chi connectivity index (χ0) is 13.2. The second-order valence-corrected chi connectivity index (χ2v) is 5.50. The molecule has 0 radical (unpaired) electrons. The van der Waals surface area contributed by atoms with Crippen LogP contribution in [0.3, 0.4) is 0 Å². The van der Waals surface area contributed by atoms with Gasteiger partial charge in [-0.2, -0.15) is 20.4 Å². The van der Waals surface area contributed by atoms with E-state index in [2.05, 4.69) is 32.5 Å². The molecule has 19 heavy (non-hydrogen) atoms. The van der Waals surface area contributed by atoms with E-state index in [1.165, 1.54) is 6.42 Å². The number of hydrogen-bond acceptors (Lipinski definition) is 4. The van der Waals surface area contributed by atoms with Gasteiger partial charge in [0, 0.05) is 0 Å². The number of hydrogen-bond donors (Lipinski definition) is 0. The number of nitrogens with zero attached hydrogens (tertiary/aromatic N) is 4. The largest absolute Gasteiger partial charge is 0.156 e. The predicted molar refractivity (Wildman–Crippen MR) is 72.5 cm³/mol. The lowest BCUT2D eigenvalue weighted by molar-refractivity contribution is 0.660. The van der Waals surface area contributed by atoms with E-state index in [1.54, 1.807) is 0 Å². The van der Waals surface area contributed by atoms with Gasteiger partial charge in [-0.25, -0.2) is 0 Å². The lowest BCUT2D eigenvalue weighted by Gasteiger charge is -2.01. The highest BCUT2D eigenvalue weighted by molar-refractivity contribution is 5.11. The molecule has 0 bridgehead atoms. The van der Waals surface area contributed by atoms with Crippen LogP contribution in [0, 0.1) is 25.7 Å². The Hall–Kier alpha value is -1.84. The lowest BCUT2D eigenvalue weighted by Crippen LogP contribution is -2.00. The number of rotatable bonds is 4. The van der Waals surface area contributed by atoms with Crippen molar-refractivity contribution in [2.45, 2.75) is 33.1 Å². The summed E-state index contributed by atoms with van der Waals surface area (Å²) in [7, 11) is 0. The first-order valence-corrected chi connectivity index (χ1v) is 6.79. The van der Waals surface area contributed by atoms with Gasteiger partial charge in [-0.15, -0.1) is 0 Å². The van der Waals surface area contributed by atoms with Crippen molar-refractivity contribution < 1.29 is 0 Å². The van der Waals surface area contributed by atoms with Gasteiger partial charge in [0.1, 0.15) is 0 Å². The van der Waals surface area contributed by atoms with E-state index in [-0.39, 0.29) is 0 Å². The van der Waals surface area contributed by atoms with Gasteiger partial charge in [-0.3, -0.25) is 0 Å². The Labute approximate surface area is 113 Å². The Bertz CT molecular complexity index is 496.